The van der Waals surface area contributed by atoms with Gasteiger partial charge in [-0.15, -0.1) is 0 Å². The smallest absolute Gasteiger partial charge is 0.280 e. The van der Waals surface area contributed by atoms with Gasteiger partial charge >= 0.3 is 5.69 Å². The minimum absolute atomic E-state index is 0.0731. The summed E-state index contributed by atoms with van der Waals surface area (Å²) < 4.78 is 27.1. The van der Waals surface area contributed by atoms with E-state index in [4.69, 9.17) is 0 Å². The van der Waals surface area contributed by atoms with Gasteiger partial charge in [0.1, 0.15) is 5.39 Å². The second kappa shape index (κ2) is 3.97. The molecule has 8 heteroatoms. The van der Waals surface area contributed by atoms with Gasteiger partial charge in [-0.1, -0.05) is 0 Å². The average Bonchev–Trinajstić information content (AvgIpc) is 2.32. The fraction of sp³-hybridized carbons (Fsp3) is 0.400. The monoisotopic (exact) mass is 256 g/mol. The van der Waals surface area contributed by atoms with Gasteiger partial charge < -0.3 is 0 Å². The highest BCUT2D eigenvalue weighted by Crippen LogP contribution is 2.17. The van der Waals surface area contributed by atoms with Crippen LogP contribution in [0.15, 0.2) is 9.59 Å². The first-order valence-corrected chi connectivity index (χ1v) is 5.07. The molecule has 2 aromatic heterocycles. The first kappa shape index (κ1) is 12.3. The molecule has 2 aromatic rings. The number of fused-ring (bicyclic) bond motifs is 1. The predicted octanol–water partition coefficient (Wildman–Crippen LogP) is 0.273. The van der Waals surface area contributed by atoms with Crippen LogP contribution in [-0.4, -0.2) is 19.1 Å². The third-order valence-corrected chi connectivity index (χ3v) is 2.69. The summed E-state index contributed by atoms with van der Waals surface area (Å²) in [6.45, 7) is 1.43. The molecule has 2 heterocycles. The summed E-state index contributed by atoms with van der Waals surface area (Å²) in [4.78, 5) is 30.7. The molecule has 0 aromatic carbocycles. The van der Waals surface area contributed by atoms with E-state index in [0.717, 1.165) is 9.13 Å². The van der Waals surface area contributed by atoms with Gasteiger partial charge in [-0.2, -0.15) is 0 Å². The zero-order valence-electron chi connectivity index (χ0n) is 9.94. The number of alkyl halides is 2. The molecular weight excluding hydrogens is 246 g/mol. The van der Waals surface area contributed by atoms with Crippen LogP contribution >= 0.6 is 0 Å². The van der Waals surface area contributed by atoms with Gasteiger partial charge in [0.05, 0.1) is 5.69 Å². The molecule has 0 N–H and O–H groups in total. The van der Waals surface area contributed by atoms with Crippen molar-refractivity contribution in [2.45, 2.75) is 13.3 Å². The van der Waals surface area contributed by atoms with Gasteiger partial charge in [0.2, 0.25) is 0 Å². The Morgan fingerprint density at radius 3 is 2.28 bits per heavy atom. The fourth-order valence-electron chi connectivity index (χ4n) is 1.74. The molecule has 0 atom stereocenters. The maximum atomic E-state index is 12.6. The second-order valence-corrected chi connectivity index (χ2v) is 3.87. The lowest BCUT2D eigenvalue weighted by molar-refractivity contribution is 0.140. The fourth-order valence-corrected chi connectivity index (χ4v) is 1.74. The Morgan fingerprint density at radius 2 is 1.72 bits per heavy atom. The van der Waals surface area contributed by atoms with Crippen LogP contribution in [0.5, 0.6) is 0 Å². The van der Waals surface area contributed by atoms with Crippen LogP contribution in [0.25, 0.3) is 11.0 Å². The Bertz CT molecular complexity index is 748. The van der Waals surface area contributed by atoms with E-state index in [0.29, 0.717) is 0 Å². The molecule has 18 heavy (non-hydrogen) atoms. The lowest BCUT2D eigenvalue weighted by Gasteiger charge is -2.09. The maximum Gasteiger partial charge on any atom is 0.332 e. The van der Waals surface area contributed by atoms with Crippen LogP contribution in [0.4, 0.5) is 8.78 Å². The molecule has 0 aliphatic carbocycles. The van der Waals surface area contributed by atoms with Crippen molar-refractivity contribution in [3.8, 4) is 0 Å². The normalized spacial score (nSPS) is 11.4. The molecule has 0 radical (unpaired) electrons. The van der Waals surface area contributed by atoms with Gasteiger partial charge in [0.25, 0.3) is 12.0 Å². The van der Waals surface area contributed by atoms with E-state index in [2.05, 4.69) is 9.97 Å². The topological polar surface area (TPSA) is 69.8 Å². The Hall–Kier alpha value is -2.12. The standard InChI is InChI=1S/C10H10F2N4O2/c1-4-5-8(14-7(13-4)6(11)12)15(2)10(18)16(3)9(5)17/h6H,1-3H3. The van der Waals surface area contributed by atoms with Gasteiger partial charge in [-0.25, -0.2) is 23.5 Å². The Morgan fingerprint density at radius 1 is 1.11 bits per heavy atom. The Balaban J connectivity index is 3.07. The molecule has 0 spiro atoms. The molecule has 0 unspecified atom stereocenters. The molecule has 0 aliphatic heterocycles. The Kier molecular flexibility index (Phi) is 2.72. The van der Waals surface area contributed by atoms with E-state index >= 15 is 0 Å². The summed E-state index contributed by atoms with van der Waals surface area (Å²) in [6.07, 6.45) is -2.85. The summed E-state index contributed by atoms with van der Waals surface area (Å²) in [5.41, 5.74) is -1.16. The largest absolute Gasteiger partial charge is 0.332 e. The van der Waals surface area contributed by atoms with Crippen LogP contribution in [0.2, 0.25) is 0 Å². The first-order valence-electron chi connectivity index (χ1n) is 5.07. The van der Waals surface area contributed by atoms with Crippen LogP contribution in [-0.2, 0) is 14.1 Å². The zero-order chi connectivity index (χ0) is 13.6. The lowest BCUT2D eigenvalue weighted by Crippen LogP contribution is -2.38. The minimum Gasteiger partial charge on any atom is -0.280 e. The van der Waals surface area contributed by atoms with E-state index in [1.807, 2.05) is 0 Å². The number of hydrogen-bond acceptors (Lipinski definition) is 4. The van der Waals surface area contributed by atoms with E-state index in [-0.39, 0.29) is 16.7 Å². The van der Waals surface area contributed by atoms with E-state index in [1.165, 1.54) is 21.0 Å². The van der Waals surface area contributed by atoms with Crippen molar-refractivity contribution in [2.75, 3.05) is 0 Å². The number of nitrogens with zero attached hydrogens (tertiary/aromatic N) is 4. The van der Waals surface area contributed by atoms with Crippen molar-refractivity contribution in [1.82, 2.24) is 19.1 Å². The first-order chi connectivity index (χ1) is 8.34. The molecule has 6 nitrogen and oxygen atoms in total. The number of halogens is 2. The average molecular weight is 256 g/mol. The van der Waals surface area contributed by atoms with Gasteiger partial charge in [-0.3, -0.25) is 13.9 Å². The van der Waals surface area contributed by atoms with Crippen molar-refractivity contribution < 1.29 is 8.78 Å². The van der Waals surface area contributed by atoms with Crippen LogP contribution in [0, 0.1) is 6.92 Å². The summed E-state index contributed by atoms with van der Waals surface area (Å²) in [6, 6.07) is 0. The molecular formula is C10H10F2N4O2. The molecule has 0 bridgehead atoms. The Labute approximate surface area is 99.5 Å². The zero-order valence-corrected chi connectivity index (χ0v) is 9.94. The predicted molar refractivity (Wildman–Crippen MR) is 59.7 cm³/mol. The molecule has 0 saturated carbocycles. The lowest BCUT2D eigenvalue weighted by atomic mass is 10.3. The molecule has 0 saturated heterocycles. The van der Waals surface area contributed by atoms with E-state index in [9.17, 15) is 18.4 Å². The molecule has 2 rings (SSSR count). The molecule has 0 aliphatic rings. The molecule has 96 valence electrons. The van der Waals surface area contributed by atoms with Gasteiger partial charge in [0.15, 0.2) is 11.5 Å². The molecule has 0 amide bonds. The maximum absolute atomic E-state index is 12.6. The second-order valence-electron chi connectivity index (χ2n) is 3.87. The van der Waals surface area contributed by atoms with Crippen molar-refractivity contribution in [3.05, 3.63) is 32.4 Å². The van der Waals surface area contributed by atoms with Crippen LogP contribution in [0.1, 0.15) is 17.9 Å². The summed E-state index contributed by atoms with van der Waals surface area (Å²) in [7, 11) is 2.68. The number of hydrogen-bond donors (Lipinski definition) is 0. The highest BCUT2D eigenvalue weighted by Gasteiger charge is 2.18. The highest BCUT2D eigenvalue weighted by atomic mass is 19.3. The third-order valence-electron chi connectivity index (χ3n) is 2.69. The van der Waals surface area contributed by atoms with E-state index < -0.39 is 23.5 Å². The van der Waals surface area contributed by atoms with Crippen LogP contribution < -0.4 is 11.2 Å². The van der Waals surface area contributed by atoms with Crippen molar-refractivity contribution in [1.29, 1.82) is 0 Å². The van der Waals surface area contributed by atoms with Crippen molar-refractivity contribution in [2.24, 2.45) is 14.1 Å². The summed E-state index contributed by atoms with van der Waals surface area (Å²) in [5, 5.41) is 0.0731. The van der Waals surface area contributed by atoms with Crippen molar-refractivity contribution >= 4 is 11.0 Å². The highest BCUT2D eigenvalue weighted by molar-refractivity contribution is 5.76. The number of aryl methyl sites for hydroxylation is 2. The van der Waals surface area contributed by atoms with Gasteiger partial charge in [-0.05, 0) is 6.92 Å². The van der Waals surface area contributed by atoms with Gasteiger partial charge in [0, 0.05) is 14.1 Å². The number of rotatable bonds is 1. The van der Waals surface area contributed by atoms with E-state index in [1.54, 1.807) is 0 Å². The third kappa shape index (κ3) is 1.60. The quantitative estimate of drug-likeness (QED) is 0.734. The number of aromatic nitrogens is 4. The SMILES string of the molecule is Cc1nc(C(F)F)nc2c1c(=O)n(C)c(=O)n2C. The molecule has 0 fully saturated rings. The summed E-state index contributed by atoms with van der Waals surface area (Å²) >= 11 is 0. The summed E-state index contributed by atoms with van der Waals surface area (Å²) in [5.74, 6) is -0.691. The van der Waals surface area contributed by atoms with Crippen molar-refractivity contribution in [3.63, 3.8) is 0 Å². The minimum atomic E-state index is -2.85. The van der Waals surface area contributed by atoms with Crippen LogP contribution in [0.3, 0.4) is 0 Å².